The van der Waals surface area contributed by atoms with E-state index in [1.165, 1.54) is 0 Å². The van der Waals surface area contributed by atoms with Crippen molar-refractivity contribution >= 4 is 11.9 Å². The van der Waals surface area contributed by atoms with Gasteiger partial charge in [-0.15, -0.1) is 0 Å². The Kier molecular flexibility index (Phi) is 4.16. The number of para-hydroxylation sites is 1. The molecule has 5 rings (SSSR count). The summed E-state index contributed by atoms with van der Waals surface area (Å²) < 4.78 is 16.1. The van der Waals surface area contributed by atoms with Gasteiger partial charge in [0.25, 0.3) is 5.91 Å². The van der Waals surface area contributed by atoms with E-state index in [1.54, 1.807) is 43.5 Å². The number of carbonyl (C=O) groups excluding carboxylic acids is 2. The van der Waals surface area contributed by atoms with Crippen molar-refractivity contribution in [2.45, 2.75) is 18.5 Å². The Bertz CT molecular complexity index is 1130. The van der Waals surface area contributed by atoms with Crippen LogP contribution in [0.2, 0.25) is 0 Å². The maximum Gasteiger partial charge on any atom is 0.325 e. The number of rotatable bonds is 4. The van der Waals surface area contributed by atoms with Crippen LogP contribution in [0.4, 0.5) is 4.79 Å². The zero-order chi connectivity index (χ0) is 20.7. The second kappa shape index (κ2) is 6.87. The van der Waals surface area contributed by atoms with Crippen LogP contribution >= 0.6 is 0 Å². The van der Waals surface area contributed by atoms with Gasteiger partial charge in [0.15, 0.2) is 5.54 Å². The number of urea groups is 1. The zero-order valence-corrected chi connectivity index (χ0v) is 16.1. The highest BCUT2D eigenvalue weighted by atomic mass is 16.5. The number of nitrogens with zero attached hydrogens (tertiary/aromatic N) is 3. The van der Waals surface area contributed by atoms with Crippen molar-refractivity contribution < 1.29 is 23.6 Å². The number of hydrogen-bond donors (Lipinski definition) is 1. The normalized spacial score (nSPS) is 20.1. The average Bonchev–Trinajstić information content (AvgIpc) is 3.34. The Morgan fingerprint density at radius 2 is 1.97 bits per heavy atom. The Labute approximate surface area is 171 Å². The Morgan fingerprint density at radius 1 is 1.17 bits per heavy atom. The molecule has 2 aliphatic rings. The molecule has 0 radical (unpaired) electrons. The van der Waals surface area contributed by atoms with E-state index in [0.717, 1.165) is 10.5 Å². The van der Waals surface area contributed by atoms with Crippen molar-refractivity contribution in [2.24, 2.45) is 0 Å². The third kappa shape index (κ3) is 2.78. The van der Waals surface area contributed by atoms with Crippen LogP contribution < -0.4 is 14.8 Å². The average molecular weight is 406 g/mol. The minimum Gasteiger partial charge on any atom is -0.497 e. The second-order valence-electron chi connectivity index (χ2n) is 7.06. The summed E-state index contributed by atoms with van der Waals surface area (Å²) in [6.07, 6.45) is 0.353. The van der Waals surface area contributed by atoms with Gasteiger partial charge < -0.3 is 19.3 Å². The molecule has 1 spiro atoms. The molecule has 0 aliphatic carbocycles. The first kappa shape index (κ1) is 18.2. The second-order valence-corrected chi connectivity index (χ2v) is 7.06. The van der Waals surface area contributed by atoms with E-state index < -0.39 is 11.6 Å². The van der Waals surface area contributed by atoms with Crippen LogP contribution in [0.25, 0.3) is 11.4 Å². The summed E-state index contributed by atoms with van der Waals surface area (Å²) in [5, 5.41) is 6.81. The van der Waals surface area contributed by atoms with Crippen LogP contribution in [0.3, 0.4) is 0 Å². The number of hydrogen-bond acceptors (Lipinski definition) is 7. The Hall–Kier alpha value is -3.88. The SMILES string of the molecule is COc1ccc(-c2noc(CN3C(=O)NC4(CCOc5ccccc54)C3=O)n2)cc1. The maximum atomic E-state index is 13.3. The molecule has 1 unspecified atom stereocenters. The van der Waals surface area contributed by atoms with E-state index in [0.29, 0.717) is 35.9 Å². The number of nitrogens with one attached hydrogen (secondary N) is 1. The van der Waals surface area contributed by atoms with Crippen LogP contribution in [0.1, 0.15) is 17.9 Å². The number of benzene rings is 2. The van der Waals surface area contributed by atoms with E-state index in [9.17, 15) is 9.59 Å². The molecule has 3 amide bonds. The van der Waals surface area contributed by atoms with Crippen LogP contribution in [-0.2, 0) is 16.9 Å². The molecular formula is C21H18N4O5. The predicted octanol–water partition coefficient (Wildman–Crippen LogP) is 2.48. The fraction of sp³-hybridized carbons (Fsp3) is 0.238. The van der Waals surface area contributed by atoms with Crippen molar-refractivity contribution in [3.05, 3.63) is 60.0 Å². The minimum absolute atomic E-state index is 0.113. The van der Waals surface area contributed by atoms with Gasteiger partial charge in [0.05, 0.1) is 13.7 Å². The number of ether oxygens (including phenoxy) is 2. The number of aromatic nitrogens is 2. The van der Waals surface area contributed by atoms with E-state index >= 15 is 0 Å². The van der Waals surface area contributed by atoms with Crippen LogP contribution in [0.15, 0.2) is 53.1 Å². The van der Waals surface area contributed by atoms with Crippen LogP contribution in [0, 0.1) is 0 Å². The van der Waals surface area contributed by atoms with Crippen molar-refractivity contribution in [1.82, 2.24) is 20.4 Å². The summed E-state index contributed by atoms with van der Waals surface area (Å²) in [6.45, 7) is 0.220. The lowest BCUT2D eigenvalue weighted by molar-refractivity contribution is -0.133. The lowest BCUT2D eigenvalue weighted by atomic mass is 9.84. The van der Waals surface area contributed by atoms with Crippen molar-refractivity contribution in [2.75, 3.05) is 13.7 Å². The van der Waals surface area contributed by atoms with Gasteiger partial charge >= 0.3 is 6.03 Å². The fourth-order valence-electron chi connectivity index (χ4n) is 3.83. The zero-order valence-electron chi connectivity index (χ0n) is 16.1. The smallest absolute Gasteiger partial charge is 0.325 e. The van der Waals surface area contributed by atoms with Gasteiger partial charge in [0.1, 0.15) is 18.0 Å². The van der Waals surface area contributed by atoms with Gasteiger partial charge in [-0.1, -0.05) is 23.4 Å². The number of amides is 3. The highest BCUT2D eigenvalue weighted by molar-refractivity contribution is 6.07. The lowest BCUT2D eigenvalue weighted by Crippen LogP contribution is -2.47. The maximum absolute atomic E-state index is 13.3. The number of fused-ring (bicyclic) bond motifs is 2. The van der Waals surface area contributed by atoms with Crippen molar-refractivity contribution in [3.63, 3.8) is 0 Å². The first-order valence-electron chi connectivity index (χ1n) is 9.44. The molecule has 2 aliphatic heterocycles. The first-order chi connectivity index (χ1) is 14.6. The molecule has 1 aromatic heterocycles. The molecular weight excluding hydrogens is 388 g/mol. The standard InChI is InChI=1S/C21H18N4O5/c1-28-14-8-6-13(7-9-14)18-22-17(30-24-18)12-25-19(26)21(23-20(25)27)10-11-29-16-5-3-2-4-15(16)21/h2-9H,10-12H2,1H3,(H,23,27). The molecule has 9 nitrogen and oxygen atoms in total. The molecule has 3 aromatic rings. The Morgan fingerprint density at radius 3 is 2.77 bits per heavy atom. The molecule has 3 heterocycles. The summed E-state index contributed by atoms with van der Waals surface area (Å²) in [6, 6.07) is 13.9. The first-order valence-corrected chi connectivity index (χ1v) is 9.44. The monoisotopic (exact) mass is 406 g/mol. The van der Waals surface area contributed by atoms with Crippen molar-refractivity contribution in [1.29, 1.82) is 0 Å². The highest BCUT2D eigenvalue weighted by Gasteiger charge is 2.55. The summed E-state index contributed by atoms with van der Waals surface area (Å²) in [7, 11) is 1.59. The van der Waals surface area contributed by atoms with Gasteiger partial charge in [-0.05, 0) is 30.3 Å². The summed E-state index contributed by atoms with van der Waals surface area (Å²) in [5.41, 5.74) is 0.254. The van der Waals surface area contributed by atoms with Gasteiger partial charge in [-0.2, -0.15) is 4.98 Å². The molecule has 1 N–H and O–H groups in total. The number of imide groups is 1. The van der Waals surface area contributed by atoms with E-state index in [2.05, 4.69) is 15.5 Å². The van der Waals surface area contributed by atoms with E-state index in [1.807, 2.05) is 12.1 Å². The molecule has 1 fully saturated rings. The summed E-state index contributed by atoms with van der Waals surface area (Å²) >= 11 is 0. The third-order valence-corrected chi connectivity index (χ3v) is 5.37. The van der Waals surface area contributed by atoms with Crippen LogP contribution in [-0.4, -0.2) is 40.7 Å². The lowest BCUT2D eigenvalue weighted by Gasteiger charge is -2.33. The van der Waals surface area contributed by atoms with E-state index in [4.69, 9.17) is 14.0 Å². The topological polar surface area (TPSA) is 107 Å². The molecule has 1 atom stereocenters. The van der Waals surface area contributed by atoms with Gasteiger partial charge in [-0.25, -0.2) is 4.79 Å². The largest absolute Gasteiger partial charge is 0.497 e. The van der Waals surface area contributed by atoms with Crippen LogP contribution in [0.5, 0.6) is 11.5 Å². The fourth-order valence-corrected chi connectivity index (χ4v) is 3.83. The number of methoxy groups -OCH3 is 1. The molecule has 152 valence electrons. The third-order valence-electron chi connectivity index (χ3n) is 5.37. The molecule has 30 heavy (non-hydrogen) atoms. The van der Waals surface area contributed by atoms with Gasteiger partial charge in [-0.3, -0.25) is 9.69 Å². The quantitative estimate of drug-likeness (QED) is 0.663. The highest BCUT2D eigenvalue weighted by Crippen LogP contribution is 2.41. The number of carbonyl (C=O) groups is 2. The summed E-state index contributed by atoms with van der Waals surface area (Å²) in [4.78, 5) is 31.4. The Balaban J connectivity index is 1.40. The van der Waals surface area contributed by atoms with E-state index in [-0.39, 0.29) is 18.3 Å². The molecule has 9 heteroatoms. The molecule has 2 aromatic carbocycles. The van der Waals surface area contributed by atoms with Crippen molar-refractivity contribution in [3.8, 4) is 22.9 Å². The van der Waals surface area contributed by atoms with Gasteiger partial charge in [0.2, 0.25) is 11.7 Å². The molecule has 0 saturated carbocycles. The molecule has 0 bridgehead atoms. The summed E-state index contributed by atoms with van der Waals surface area (Å²) in [5.74, 6) is 1.49. The minimum atomic E-state index is -1.13. The predicted molar refractivity (Wildman–Crippen MR) is 104 cm³/mol. The molecule has 1 saturated heterocycles. The van der Waals surface area contributed by atoms with Gasteiger partial charge in [0, 0.05) is 17.5 Å².